The van der Waals surface area contributed by atoms with Crippen LogP contribution in [0, 0.1) is 5.92 Å². The first kappa shape index (κ1) is 21.7. The number of rotatable bonds is 8. The second-order valence-corrected chi connectivity index (χ2v) is 8.94. The average Bonchev–Trinajstić information content (AvgIpc) is 3.03. The van der Waals surface area contributed by atoms with Crippen LogP contribution in [0.4, 0.5) is 0 Å². The van der Waals surface area contributed by atoms with Gasteiger partial charge in [-0.1, -0.05) is 32.4 Å². The van der Waals surface area contributed by atoms with E-state index in [0.717, 1.165) is 34.7 Å². The Bertz CT molecular complexity index is 982. The van der Waals surface area contributed by atoms with Crippen LogP contribution in [0.25, 0.3) is 11.0 Å². The summed E-state index contributed by atoms with van der Waals surface area (Å²) >= 11 is 7.90. The van der Waals surface area contributed by atoms with Gasteiger partial charge in [0.1, 0.15) is 5.82 Å². The largest absolute Gasteiger partial charge is 0.331 e. The van der Waals surface area contributed by atoms with Crippen molar-refractivity contribution in [1.82, 2.24) is 14.5 Å². The normalized spacial score (nSPS) is 11.4. The fraction of sp³-hybridized carbons (Fsp3) is 0.391. The SMILES string of the molecule is CCCn1c(CN(CC(C)C)C(=O)c2ccc(SC)cc2)nc2ccc(Cl)cc21. The number of carbonyl (C=O) groups excluding carboxylic acids is 1. The van der Waals surface area contributed by atoms with E-state index in [4.69, 9.17) is 16.6 Å². The first-order valence-corrected chi connectivity index (χ1v) is 11.6. The van der Waals surface area contributed by atoms with E-state index >= 15 is 0 Å². The summed E-state index contributed by atoms with van der Waals surface area (Å²) < 4.78 is 2.19. The second-order valence-electron chi connectivity index (χ2n) is 7.62. The van der Waals surface area contributed by atoms with Crippen molar-refractivity contribution >= 4 is 40.3 Å². The zero-order valence-corrected chi connectivity index (χ0v) is 19.1. The lowest BCUT2D eigenvalue weighted by molar-refractivity contribution is 0.0716. The van der Waals surface area contributed by atoms with Crippen LogP contribution in [0.15, 0.2) is 47.4 Å². The van der Waals surface area contributed by atoms with E-state index in [1.54, 1.807) is 11.8 Å². The molecule has 0 fully saturated rings. The van der Waals surface area contributed by atoms with Crippen LogP contribution < -0.4 is 0 Å². The molecule has 0 radical (unpaired) electrons. The predicted octanol–water partition coefficient (Wildman–Crippen LogP) is 6.12. The van der Waals surface area contributed by atoms with Crippen LogP contribution in [0.2, 0.25) is 5.02 Å². The molecule has 1 aromatic heterocycles. The fourth-order valence-corrected chi connectivity index (χ4v) is 4.06. The first-order valence-electron chi connectivity index (χ1n) is 10.0. The lowest BCUT2D eigenvalue weighted by Gasteiger charge is -2.25. The van der Waals surface area contributed by atoms with E-state index in [1.165, 1.54) is 0 Å². The summed E-state index contributed by atoms with van der Waals surface area (Å²) in [4.78, 5) is 21.2. The number of amides is 1. The molecule has 1 heterocycles. The molecular formula is C23H28ClN3OS. The van der Waals surface area contributed by atoms with Crippen LogP contribution in [-0.2, 0) is 13.1 Å². The Morgan fingerprint density at radius 3 is 2.55 bits per heavy atom. The Hall–Kier alpha value is -1.98. The zero-order chi connectivity index (χ0) is 21.0. The van der Waals surface area contributed by atoms with Gasteiger partial charge in [0.15, 0.2) is 0 Å². The van der Waals surface area contributed by atoms with Crippen LogP contribution in [0.1, 0.15) is 43.4 Å². The van der Waals surface area contributed by atoms with Gasteiger partial charge in [0.25, 0.3) is 5.91 Å². The molecule has 0 saturated carbocycles. The number of nitrogens with zero attached hydrogens (tertiary/aromatic N) is 3. The number of imidazole rings is 1. The number of hydrogen-bond acceptors (Lipinski definition) is 3. The third-order valence-corrected chi connectivity index (χ3v) is 5.76. The molecule has 0 bridgehead atoms. The Morgan fingerprint density at radius 1 is 1.21 bits per heavy atom. The standard InChI is InChI=1S/C23H28ClN3OS/c1-5-12-27-21-13-18(24)8-11-20(21)25-22(27)15-26(14-16(2)3)23(28)17-6-9-19(29-4)10-7-17/h6-11,13,16H,5,12,14-15H2,1-4H3. The third kappa shape index (κ3) is 5.14. The molecule has 4 nitrogen and oxygen atoms in total. The molecular weight excluding hydrogens is 402 g/mol. The molecule has 0 atom stereocenters. The minimum absolute atomic E-state index is 0.0412. The molecule has 29 heavy (non-hydrogen) atoms. The highest BCUT2D eigenvalue weighted by molar-refractivity contribution is 7.98. The molecule has 1 amide bonds. The summed E-state index contributed by atoms with van der Waals surface area (Å²) in [5.41, 5.74) is 2.65. The number of thioether (sulfide) groups is 1. The second kappa shape index (κ2) is 9.68. The van der Waals surface area contributed by atoms with E-state index in [-0.39, 0.29) is 5.91 Å². The molecule has 6 heteroatoms. The maximum Gasteiger partial charge on any atom is 0.254 e. The minimum atomic E-state index is 0.0412. The quantitative estimate of drug-likeness (QED) is 0.405. The summed E-state index contributed by atoms with van der Waals surface area (Å²) in [6.07, 6.45) is 3.02. The molecule has 0 spiro atoms. The molecule has 0 N–H and O–H groups in total. The van der Waals surface area contributed by atoms with Crippen molar-refractivity contribution < 1.29 is 4.79 Å². The minimum Gasteiger partial charge on any atom is -0.331 e. The van der Waals surface area contributed by atoms with E-state index in [0.29, 0.717) is 29.6 Å². The summed E-state index contributed by atoms with van der Waals surface area (Å²) in [5.74, 6) is 1.31. The van der Waals surface area contributed by atoms with Crippen molar-refractivity contribution in [2.24, 2.45) is 5.92 Å². The van der Waals surface area contributed by atoms with Crippen LogP contribution >= 0.6 is 23.4 Å². The molecule has 0 unspecified atom stereocenters. The highest BCUT2D eigenvalue weighted by atomic mass is 35.5. The Balaban J connectivity index is 1.95. The Labute approximate surface area is 182 Å². The van der Waals surface area contributed by atoms with Crippen LogP contribution in [-0.4, -0.2) is 33.2 Å². The maximum absolute atomic E-state index is 13.3. The molecule has 3 aromatic rings. The van der Waals surface area contributed by atoms with Gasteiger partial charge in [0.05, 0.1) is 17.6 Å². The van der Waals surface area contributed by atoms with Gasteiger partial charge in [-0.05, 0) is 61.1 Å². The van der Waals surface area contributed by atoms with Crippen molar-refractivity contribution in [3.05, 3.63) is 58.9 Å². The first-order chi connectivity index (χ1) is 13.9. The summed E-state index contributed by atoms with van der Waals surface area (Å²) in [5, 5.41) is 0.699. The van der Waals surface area contributed by atoms with Crippen molar-refractivity contribution in [1.29, 1.82) is 0 Å². The van der Waals surface area contributed by atoms with Gasteiger partial charge in [0, 0.05) is 28.6 Å². The van der Waals surface area contributed by atoms with Gasteiger partial charge >= 0.3 is 0 Å². The number of benzene rings is 2. The Kier molecular flexibility index (Phi) is 7.25. The number of aromatic nitrogens is 2. The lowest BCUT2D eigenvalue weighted by Crippen LogP contribution is -2.34. The average molecular weight is 430 g/mol. The smallest absolute Gasteiger partial charge is 0.254 e. The summed E-state index contributed by atoms with van der Waals surface area (Å²) in [6.45, 7) is 8.41. The predicted molar refractivity (Wildman–Crippen MR) is 123 cm³/mol. The molecule has 0 aliphatic heterocycles. The molecule has 0 aliphatic rings. The monoisotopic (exact) mass is 429 g/mol. The van der Waals surface area contributed by atoms with Gasteiger partial charge in [-0.3, -0.25) is 4.79 Å². The fourth-order valence-electron chi connectivity index (χ4n) is 3.49. The van der Waals surface area contributed by atoms with Gasteiger partial charge < -0.3 is 9.47 Å². The molecule has 0 saturated heterocycles. The highest BCUT2D eigenvalue weighted by Crippen LogP contribution is 2.23. The van der Waals surface area contributed by atoms with Crippen molar-refractivity contribution in [3.63, 3.8) is 0 Å². The lowest BCUT2D eigenvalue weighted by atomic mass is 10.1. The van der Waals surface area contributed by atoms with Crippen molar-refractivity contribution in [2.45, 2.75) is 45.2 Å². The molecule has 154 valence electrons. The number of carbonyl (C=O) groups is 1. The molecule has 2 aromatic carbocycles. The van der Waals surface area contributed by atoms with Crippen LogP contribution in [0.3, 0.4) is 0 Å². The van der Waals surface area contributed by atoms with Crippen LogP contribution in [0.5, 0.6) is 0 Å². The number of aryl methyl sites for hydroxylation is 1. The Morgan fingerprint density at radius 2 is 1.93 bits per heavy atom. The van der Waals surface area contributed by atoms with Gasteiger partial charge in [0.2, 0.25) is 0 Å². The molecule has 0 aliphatic carbocycles. The van der Waals surface area contributed by atoms with Gasteiger partial charge in [-0.2, -0.15) is 0 Å². The van der Waals surface area contributed by atoms with Crippen molar-refractivity contribution in [2.75, 3.05) is 12.8 Å². The zero-order valence-electron chi connectivity index (χ0n) is 17.5. The number of fused-ring (bicyclic) bond motifs is 1. The van der Waals surface area contributed by atoms with E-state index in [2.05, 4.69) is 25.3 Å². The van der Waals surface area contributed by atoms with E-state index in [9.17, 15) is 4.79 Å². The van der Waals surface area contributed by atoms with Gasteiger partial charge in [-0.15, -0.1) is 11.8 Å². The summed E-state index contributed by atoms with van der Waals surface area (Å²) in [7, 11) is 0. The highest BCUT2D eigenvalue weighted by Gasteiger charge is 2.21. The molecule has 3 rings (SSSR count). The summed E-state index contributed by atoms with van der Waals surface area (Å²) in [6, 6.07) is 13.6. The van der Waals surface area contributed by atoms with Gasteiger partial charge in [-0.25, -0.2) is 4.98 Å². The van der Waals surface area contributed by atoms with E-state index in [1.807, 2.05) is 53.6 Å². The van der Waals surface area contributed by atoms with Crippen molar-refractivity contribution in [3.8, 4) is 0 Å². The maximum atomic E-state index is 13.3. The third-order valence-electron chi connectivity index (χ3n) is 4.78. The topological polar surface area (TPSA) is 38.1 Å². The number of halogens is 1. The number of hydrogen-bond donors (Lipinski definition) is 0. The van der Waals surface area contributed by atoms with E-state index < -0.39 is 0 Å².